The number of nitrogens with one attached hydrogen (secondary N) is 1. The monoisotopic (exact) mass is 544 g/mol. The van der Waals surface area contributed by atoms with Crippen LogP contribution in [0.5, 0.6) is 0 Å². The number of likely N-dealkylation sites (N-methyl/N-ethyl adjacent to an activating group) is 1. The van der Waals surface area contributed by atoms with E-state index in [-0.39, 0.29) is 4.90 Å². The molecule has 0 unspecified atom stereocenters. The lowest BCUT2D eigenvalue weighted by Gasteiger charge is -2.31. The van der Waals surface area contributed by atoms with Gasteiger partial charge in [0.2, 0.25) is 5.89 Å². The summed E-state index contributed by atoms with van der Waals surface area (Å²) in [6.07, 6.45) is 7.46. The van der Waals surface area contributed by atoms with Crippen molar-refractivity contribution in [2.24, 2.45) is 0 Å². The molecule has 0 atom stereocenters. The average molecular weight is 545 g/mol. The average Bonchev–Trinajstić information content (AvgIpc) is 3.60. The standard InChI is InChI=1S/C27H28N8O3S/c1-33-11-13-34(14-12-33)10-9-26-30-31-27(38-26)24-18-29-25-8-7-20(19-35(24)25)21-15-22(17-28-16-21)32-39(36,37)23-5-3-2-4-6-23/h2-8,15-19,32H,9-14H2,1H3. The molecule has 0 amide bonds. The van der Waals surface area contributed by atoms with Crippen LogP contribution in [0.2, 0.25) is 0 Å². The fourth-order valence-corrected chi connectivity index (χ4v) is 5.62. The van der Waals surface area contributed by atoms with E-state index in [1.165, 1.54) is 6.20 Å². The molecule has 6 rings (SSSR count). The fraction of sp³-hybridized carbons (Fsp3) is 0.259. The van der Waals surface area contributed by atoms with E-state index in [2.05, 4.69) is 41.7 Å². The number of sulfonamides is 1. The van der Waals surface area contributed by atoms with Crippen LogP contribution in [0.25, 0.3) is 28.4 Å². The third-order valence-electron chi connectivity index (χ3n) is 6.81. The Bertz CT molecular complexity index is 1690. The summed E-state index contributed by atoms with van der Waals surface area (Å²) in [5.41, 5.74) is 3.33. The molecule has 200 valence electrons. The minimum absolute atomic E-state index is 0.183. The van der Waals surface area contributed by atoms with Gasteiger partial charge < -0.3 is 14.2 Å². The van der Waals surface area contributed by atoms with Crippen molar-refractivity contribution in [3.05, 3.63) is 79.2 Å². The molecule has 1 aliphatic rings. The van der Waals surface area contributed by atoms with Gasteiger partial charge in [-0.2, -0.15) is 0 Å². The van der Waals surface area contributed by atoms with Crippen LogP contribution in [0, 0.1) is 0 Å². The summed E-state index contributed by atoms with van der Waals surface area (Å²) < 4.78 is 36.0. The summed E-state index contributed by atoms with van der Waals surface area (Å²) in [4.78, 5) is 13.7. The van der Waals surface area contributed by atoms with Crippen LogP contribution < -0.4 is 4.72 Å². The Hall–Kier alpha value is -4.13. The van der Waals surface area contributed by atoms with E-state index in [0.29, 0.717) is 29.6 Å². The maximum Gasteiger partial charge on any atom is 0.266 e. The van der Waals surface area contributed by atoms with E-state index in [1.54, 1.807) is 48.8 Å². The first kappa shape index (κ1) is 25.2. The third kappa shape index (κ3) is 5.53. The number of piperazine rings is 1. The predicted molar refractivity (Wildman–Crippen MR) is 147 cm³/mol. The zero-order chi connectivity index (χ0) is 26.8. The van der Waals surface area contributed by atoms with Gasteiger partial charge in [0.1, 0.15) is 11.3 Å². The number of aromatic nitrogens is 5. The van der Waals surface area contributed by atoms with Gasteiger partial charge in [-0.05, 0) is 37.4 Å². The van der Waals surface area contributed by atoms with Gasteiger partial charge in [0, 0.05) is 62.7 Å². The third-order valence-corrected chi connectivity index (χ3v) is 8.20. The summed E-state index contributed by atoms with van der Waals surface area (Å²) in [6.45, 7) is 5.09. The van der Waals surface area contributed by atoms with Crippen molar-refractivity contribution in [1.82, 2.24) is 34.4 Å². The Balaban J connectivity index is 1.22. The van der Waals surface area contributed by atoms with Gasteiger partial charge in [0.05, 0.1) is 23.0 Å². The lowest BCUT2D eigenvalue weighted by atomic mass is 10.1. The first-order valence-electron chi connectivity index (χ1n) is 12.7. The predicted octanol–water partition coefficient (Wildman–Crippen LogP) is 3.04. The molecule has 39 heavy (non-hydrogen) atoms. The Labute approximate surface area is 226 Å². The molecule has 5 aromatic rings. The van der Waals surface area contributed by atoms with Gasteiger partial charge in [-0.3, -0.25) is 14.1 Å². The maximum atomic E-state index is 12.8. The van der Waals surface area contributed by atoms with Crippen LogP contribution in [0.4, 0.5) is 5.69 Å². The fourth-order valence-electron chi connectivity index (χ4n) is 4.56. The van der Waals surface area contributed by atoms with Gasteiger partial charge in [-0.15, -0.1) is 10.2 Å². The number of benzene rings is 1. The maximum absolute atomic E-state index is 12.8. The van der Waals surface area contributed by atoms with E-state index in [1.807, 2.05) is 22.7 Å². The summed E-state index contributed by atoms with van der Waals surface area (Å²) in [5.74, 6) is 0.994. The number of hydrogen-bond acceptors (Lipinski definition) is 9. The van der Waals surface area contributed by atoms with E-state index in [9.17, 15) is 8.42 Å². The lowest BCUT2D eigenvalue weighted by molar-refractivity contribution is 0.153. The molecule has 4 aromatic heterocycles. The highest BCUT2D eigenvalue weighted by atomic mass is 32.2. The molecule has 0 bridgehead atoms. The highest BCUT2D eigenvalue weighted by molar-refractivity contribution is 7.92. The summed E-state index contributed by atoms with van der Waals surface area (Å²) in [5, 5.41) is 8.54. The Morgan fingerprint density at radius 1 is 0.949 bits per heavy atom. The zero-order valence-corrected chi connectivity index (χ0v) is 22.3. The van der Waals surface area contributed by atoms with Crippen LogP contribution >= 0.6 is 0 Å². The first-order chi connectivity index (χ1) is 18.9. The number of rotatable bonds is 8. The van der Waals surface area contributed by atoms with Gasteiger partial charge in [-0.1, -0.05) is 18.2 Å². The van der Waals surface area contributed by atoms with Crippen LogP contribution in [0.1, 0.15) is 5.89 Å². The van der Waals surface area contributed by atoms with Crippen LogP contribution in [-0.2, 0) is 16.4 Å². The van der Waals surface area contributed by atoms with Gasteiger partial charge in [0.15, 0.2) is 0 Å². The molecule has 1 saturated heterocycles. The van der Waals surface area contributed by atoms with E-state index < -0.39 is 10.0 Å². The van der Waals surface area contributed by atoms with Crippen LogP contribution in [0.15, 0.2) is 82.6 Å². The van der Waals surface area contributed by atoms with E-state index >= 15 is 0 Å². The lowest BCUT2D eigenvalue weighted by Crippen LogP contribution is -2.45. The minimum Gasteiger partial charge on any atom is -0.419 e. The van der Waals surface area contributed by atoms with Crippen molar-refractivity contribution in [3.8, 4) is 22.7 Å². The zero-order valence-electron chi connectivity index (χ0n) is 21.4. The van der Waals surface area contributed by atoms with Crippen molar-refractivity contribution in [1.29, 1.82) is 0 Å². The second kappa shape index (κ2) is 10.6. The molecule has 0 spiro atoms. The highest BCUT2D eigenvalue weighted by Gasteiger charge is 2.18. The Morgan fingerprint density at radius 3 is 2.59 bits per heavy atom. The Morgan fingerprint density at radius 2 is 1.77 bits per heavy atom. The normalized spacial score (nSPS) is 15.1. The molecule has 0 radical (unpaired) electrons. The largest absolute Gasteiger partial charge is 0.419 e. The second-order valence-corrected chi connectivity index (χ2v) is 11.2. The number of fused-ring (bicyclic) bond motifs is 1. The topological polar surface area (TPSA) is 122 Å². The molecule has 1 fully saturated rings. The molecule has 1 N–H and O–H groups in total. The molecule has 12 heteroatoms. The van der Waals surface area contributed by atoms with Crippen molar-refractivity contribution < 1.29 is 12.8 Å². The highest BCUT2D eigenvalue weighted by Crippen LogP contribution is 2.26. The van der Waals surface area contributed by atoms with Crippen molar-refractivity contribution in [2.75, 3.05) is 44.5 Å². The van der Waals surface area contributed by atoms with Gasteiger partial charge in [0.25, 0.3) is 15.9 Å². The smallest absolute Gasteiger partial charge is 0.266 e. The molecule has 0 saturated carbocycles. The van der Waals surface area contributed by atoms with E-state index in [0.717, 1.165) is 49.5 Å². The second-order valence-electron chi connectivity index (χ2n) is 9.57. The SMILES string of the molecule is CN1CCN(CCc2nnc(-c3cnc4ccc(-c5cncc(NS(=O)(=O)c6ccccc6)c5)cn34)o2)CC1. The quantitative estimate of drug-likeness (QED) is 0.314. The summed E-state index contributed by atoms with van der Waals surface area (Å²) in [7, 11) is -1.59. The molecular weight excluding hydrogens is 516 g/mol. The van der Waals surface area contributed by atoms with E-state index in [4.69, 9.17) is 4.42 Å². The molecular formula is C27H28N8O3S. The first-order valence-corrected chi connectivity index (χ1v) is 14.2. The summed E-state index contributed by atoms with van der Waals surface area (Å²) in [6, 6.07) is 13.8. The van der Waals surface area contributed by atoms with Crippen LogP contribution in [0.3, 0.4) is 0 Å². The molecule has 11 nitrogen and oxygen atoms in total. The van der Waals surface area contributed by atoms with Crippen molar-refractivity contribution in [3.63, 3.8) is 0 Å². The number of anilines is 1. The molecule has 5 heterocycles. The van der Waals surface area contributed by atoms with Crippen molar-refractivity contribution >= 4 is 21.4 Å². The molecule has 1 aromatic carbocycles. The number of nitrogens with zero attached hydrogens (tertiary/aromatic N) is 7. The van der Waals surface area contributed by atoms with Crippen LogP contribution in [-0.4, -0.2) is 82.6 Å². The Kier molecular flexibility index (Phi) is 6.81. The molecule has 0 aliphatic carbocycles. The molecule has 1 aliphatic heterocycles. The number of pyridine rings is 2. The van der Waals surface area contributed by atoms with Gasteiger partial charge >= 0.3 is 0 Å². The van der Waals surface area contributed by atoms with Crippen molar-refractivity contribution in [2.45, 2.75) is 11.3 Å². The summed E-state index contributed by atoms with van der Waals surface area (Å²) >= 11 is 0. The number of imidazole rings is 1. The number of hydrogen-bond donors (Lipinski definition) is 1. The minimum atomic E-state index is -3.73. The van der Waals surface area contributed by atoms with Gasteiger partial charge in [-0.25, -0.2) is 13.4 Å².